The molecule has 2 aromatic heterocycles. The van der Waals surface area contributed by atoms with E-state index in [1.165, 1.54) is 12.1 Å². The summed E-state index contributed by atoms with van der Waals surface area (Å²) < 4.78 is 77.9. The third-order valence-corrected chi connectivity index (χ3v) is 4.85. The molecular formula is C17H20F6N6O. The van der Waals surface area contributed by atoms with Gasteiger partial charge in [0.1, 0.15) is 12.4 Å². The lowest BCUT2D eigenvalue weighted by Gasteiger charge is -2.35. The van der Waals surface area contributed by atoms with Crippen LogP contribution < -0.4 is 4.90 Å². The van der Waals surface area contributed by atoms with Gasteiger partial charge < -0.3 is 9.80 Å². The van der Waals surface area contributed by atoms with Crippen LogP contribution in [0.3, 0.4) is 0 Å². The molecule has 0 bridgehead atoms. The predicted octanol–water partition coefficient (Wildman–Crippen LogP) is 3.16. The molecule has 1 saturated heterocycles. The van der Waals surface area contributed by atoms with Crippen LogP contribution in [-0.2, 0) is 11.0 Å². The molecule has 2 aromatic rings. The minimum absolute atomic E-state index is 0.0185. The van der Waals surface area contributed by atoms with Crippen molar-refractivity contribution in [2.24, 2.45) is 5.92 Å². The highest BCUT2D eigenvalue weighted by Crippen LogP contribution is 2.29. The first kappa shape index (κ1) is 22.1. The Bertz CT molecular complexity index is 887. The van der Waals surface area contributed by atoms with Crippen LogP contribution >= 0.6 is 0 Å². The van der Waals surface area contributed by atoms with Crippen LogP contribution in [0.4, 0.5) is 32.2 Å². The van der Waals surface area contributed by atoms with Crippen molar-refractivity contribution in [2.45, 2.75) is 38.5 Å². The van der Waals surface area contributed by atoms with Gasteiger partial charge in [-0.1, -0.05) is 6.92 Å². The van der Waals surface area contributed by atoms with Crippen LogP contribution in [0.1, 0.15) is 32.0 Å². The third-order valence-electron chi connectivity index (χ3n) is 4.85. The summed E-state index contributed by atoms with van der Waals surface area (Å²) in [5.74, 6) is -2.11. The standard InChI is InChI=1S/C17H20F6N6O/c1-2-7-28(10-16(18,19)20)14(30)11-5-8-27(9-6-11)13-4-3-12-24-25-15(17(21,22)23)29(12)26-13/h3-4,11H,2,5-10H2,1H3. The highest BCUT2D eigenvalue weighted by atomic mass is 19.4. The Kier molecular flexibility index (Phi) is 6.09. The Labute approximate surface area is 167 Å². The number of carbonyl (C=O) groups excluding carboxylic acids is 1. The van der Waals surface area contributed by atoms with Crippen molar-refractivity contribution in [3.8, 4) is 0 Å². The lowest BCUT2D eigenvalue weighted by molar-refractivity contribution is -0.164. The van der Waals surface area contributed by atoms with Gasteiger partial charge in [-0.2, -0.15) is 30.9 Å². The van der Waals surface area contributed by atoms with Crippen LogP contribution in [0.25, 0.3) is 5.65 Å². The van der Waals surface area contributed by atoms with Gasteiger partial charge in [0.15, 0.2) is 5.65 Å². The maximum Gasteiger partial charge on any atom is 0.453 e. The van der Waals surface area contributed by atoms with Crippen LogP contribution in [0, 0.1) is 5.92 Å². The molecule has 0 aromatic carbocycles. The third kappa shape index (κ3) is 4.93. The van der Waals surface area contributed by atoms with E-state index < -0.39 is 36.5 Å². The van der Waals surface area contributed by atoms with Crippen LogP contribution in [0.2, 0.25) is 0 Å². The number of alkyl halides is 6. The maximum atomic E-state index is 13.0. The van der Waals surface area contributed by atoms with Crippen molar-refractivity contribution in [1.29, 1.82) is 0 Å². The Morgan fingerprint density at radius 2 is 1.80 bits per heavy atom. The summed E-state index contributed by atoms with van der Waals surface area (Å²) in [6.45, 7) is 0.993. The normalized spacial score (nSPS) is 16.3. The van der Waals surface area contributed by atoms with Crippen molar-refractivity contribution in [2.75, 3.05) is 31.1 Å². The number of hydrogen-bond acceptors (Lipinski definition) is 5. The molecule has 0 aliphatic carbocycles. The number of fused-ring (bicyclic) bond motifs is 1. The number of halogens is 6. The first-order chi connectivity index (χ1) is 14.0. The Hall–Kier alpha value is -2.60. The van der Waals surface area contributed by atoms with E-state index in [-0.39, 0.29) is 43.9 Å². The molecule has 13 heteroatoms. The molecule has 30 heavy (non-hydrogen) atoms. The van der Waals surface area contributed by atoms with E-state index in [1.807, 2.05) is 0 Å². The fraction of sp³-hybridized carbons (Fsp3) is 0.647. The molecule has 0 spiro atoms. The Morgan fingerprint density at radius 1 is 1.13 bits per heavy atom. The molecule has 0 radical (unpaired) electrons. The average molecular weight is 438 g/mol. The first-order valence-corrected chi connectivity index (χ1v) is 9.39. The molecule has 1 fully saturated rings. The molecule has 0 unspecified atom stereocenters. The molecule has 1 amide bonds. The second kappa shape index (κ2) is 8.26. The molecule has 3 rings (SSSR count). The minimum atomic E-state index is -4.72. The van der Waals surface area contributed by atoms with Gasteiger partial charge in [-0.15, -0.1) is 15.3 Å². The highest BCUT2D eigenvalue weighted by molar-refractivity contribution is 5.79. The molecule has 0 N–H and O–H groups in total. The topological polar surface area (TPSA) is 66.6 Å². The number of piperidine rings is 1. The Balaban J connectivity index is 1.70. The predicted molar refractivity (Wildman–Crippen MR) is 93.6 cm³/mol. The zero-order valence-corrected chi connectivity index (χ0v) is 16.0. The van der Waals surface area contributed by atoms with E-state index in [2.05, 4.69) is 15.3 Å². The average Bonchev–Trinajstić information content (AvgIpc) is 3.10. The van der Waals surface area contributed by atoms with E-state index in [9.17, 15) is 31.1 Å². The Morgan fingerprint density at radius 3 is 2.37 bits per heavy atom. The summed E-state index contributed by atoms with van der Waals surface area (Å²) >= 11 is 0. The van der Waals surface area contributed by atoms with Gasteiger partial charge in [0, 0.05) is 25.6 Å². The summed E-state index contributed by atoms with van der Waals surface area (Å²) in [5, 5.41) is 10.5. The second-order valence-corrected chi connectivity index (χ2v) is 7.12. The molecule has 166 valence electrons. The van der Waals surface area contributed by atoms with Crippen molar-refractivity contribution in [1.82, 2.24) is 24.7 Å². The number of hydrogen-bond donors (Lipinski definition) is 0. The van der Waals surface area contributed by atoms with E-state index in [0.717, 1.165) is 4.90 Å². The van der Waals surface area contributed by atoms with E-state index in [1.54, 1.807) is 11.8 Å². The lowest BCUT2D eigenvalue weighted by atomic mass is 9.95. The lowest BCUT2D eigenvalue weighted by Crippen LogP contribution is -2.46. The molecule has 0 atom stereocenters. The number of amides is 1. The van der Waals surface area contributed by atoms with Gasteiger partial charge >= 0.3 is 12.4 Å². The summed E-state index contributed by atoms with van der Waals surface area (Å²) in [6.07, 6.45) is -8.22. The minimum Gasteiger partial charge on any atom is -0.355 e. The largest absolute Gasteiger partial charge is 0.453 e. The summed E-state index contributed by atoms with van der Waals surface area (Å²) in [7, 11) is 0. The SMILES string of the molecule is CCCN(CC(F)(F)F)C(=O)C1CCN(c2ccc3nnc(C(F)(F)F)n3n2)CC1. The molecule has 1 aliphatic heterocycles. The van der Waals surface area contributed by atoms with Crippen molar-refractivity contribution in [3.05, 3.63) is 18.0 Å². The van der Waals surface area contributed by atoms with E-state index in [4.69, 9.17) is 0 Å². The second-order valence-electron chi connectivity index (χ2n) is 7.12. The van der Waals surface area contributed by atoms with Crippen molar-refractivity contribution >= 4 is 17.4 Å². The van der Waals surface area contributed by atoms with Gasteiger partial charge in [0.05, 0.1) is 0 Å². The van der Waals surface area contributed by atoms with Gasteiger partial charge in [0.2, 0.25) is 5.91 Å². The van der Waals surface area contributed by atoms with Crippen molar-refractivity contribution in [3.63, 3.8) is 0 Å². The smallest absolute Gasteiger partial charge is 0.355 e. The van der Waals surface area contributed by atoms with Crippen molar-refractivity contribution < 1.29 is 31.1 Å². The monoisotopic (exact) mass is 438 g/mol. The number of carbonyl (C=O) groups is 1. The number of anilines is 1. The zero-order valence-electron chi connectivity index (χ0n) is 16.0. The molecule has 7 nitrogen and oxygen atoms in total. The molecular weight excluding hydrogens is 418 g/mol. The molecule has 1 aliphatic rings. The molecule has 0 saturated carbocycles. The fourth-order valence-electron chi connectivity index (χ4n) is 3.49. The highest BCUT2D eigenvalue weighted by Gasteiger charge is 2.38. The van der Waals surface area contributed by atoms with Crippen LogP contribution in [0.15, 0.2) is 12.1 Å². The van der Waals surface area contributed by atoms with E-state index >= 15 is 0 Å². The number of rotatable bonds is 5. The molecule has 3 heterocycles. The summed E-state index contributed by atoms with van der Waals surface area (Å²) in [5.41, 5.74) is -0.0569. The number of aromatic nitrogens is 4. The van der Waals surface area contributed by atoms with Gasteiger partial charge in [-0.05, 0) is 31.4 Å². The zero-order chi connectivity index (χ0) is 22.1. The summed E-state index contributed by atoms with van der Waals surface area (Å²) in [6, 6.07) is 2.85. The fourth-order valence-corrected chi connectivity index (χ4v) is 3.49. The van der Waals surface area contributed by atoms with Crippen LogP contribution in [-0.4, -0.2) is 63.0 Å². The number of nitrogens with zero attached hydrogens (tertiary/aromatic N) is 6. The maximum absolute atomic E-state index is 13.0. The van der Waals surface area contributed by atoms with Gasteiger partial charge in [-0.3, -0.25) is 4.79 Å². The van der Waals surface area contributed by atoms with Gasteiger partial charge in [-0.25, -0.2) is 0 Å². The summed E-state index contributed by atoms with van der Waals surface area (Å²) in [4.78, 5) is 15.1. The van der Waals surface area contributed by atoms with Crippen LogP contribution in [0.5, 0.6) is 0 Å². The quantitative estimate of drug-likeness (QED) is 0.671. The van der Waals surface area contributed by atoms with E-state index in [0.29, 0.717) is 10.9 Å². The van der Waals surface area contributed by atoms with Gasteiger partial charge in [0.25, 0.3) is 5.82 Å². The first-order valence-electron chi connectivity index (χ1n) is 9.39.